The number of benzene rings is 1. The number of unbranched alkanes of at least 4 members (excludes halogenated alkanes) is 2. The minimum atomic E-state index is -0.701. The van der Waals surface area contributed by atoms with Gasteiger partial charge in [0.1, 0.15) is 6.23 Å². The van der Waals surface area contributed by atoms with Crippen LogP contribution in [0.4, 0.5) is 0 Å². The van der Waals surface area contributed by atoms with Gasteiger partial charge in [0.2, 0.25) is 9.04 Å². The second kappa shape index (κ2) is 7.43. The summed E-state index contributed by atoms with van der Waals surface area (Å²) < 4.78 is 9.66. The van der Waals surface area contributed by atoms with Crippen molar-refractivity contribution in [1.29, 1.82) is 0 Å². The summed E-state index contributed by atoms with van der Waals surface area (Å²) >= 11 is 3.53. The summed E-state index contributed by atoms with van der Waals surface area (Å²) in [5.74, 6) is 0. The first-order valence-electron chi connectivity index (χ1n) is 7.34. The Labute approximate surface area is 132 Å². The predicted octanol–water partition coefficient (Wildman–Crippen LogP) is 5.75. The van der Waals surface area contributed by atoms with Gasteiger partial charge in [-0.15, -0.1) is 0 Å². The molecule has 0 aliphatic carbocycles. The van der Waals surface area contributed by atoms with Crippen molar-refractivity contribution in [2.24, 2.45) is 0 Å². The lowest BCUT2D eigenvalue weighted by molar-refractivity contribution is 0.124. The monoisotopic (exact) mass is 352 g/mol. The van der Waals surface area contributed by atoms with Gasteiger partial charge in [-0.25, -0.2) is 0 Å². The van der Waals surface area contributed by atoms with Crippen molar-refractivity contribution in [1.82, 2.24) is 4.57 Å². The van der Waals surface area contributed by atoms with E-state index < -0.39 is 9.04 Å². The van der Waals surface area contributed by atoms with Crippen LogP contribution in [0.1, 0.15) is 38.8 Å². The molecule has 0 saturated heterocycles. The van der Waals surface area contributed by atoms with Crippen molar-refractivity contribution in [3.05, 3.63) is 34.9 Å². The van der Waals surface area contributed by atoms with Crippen molar-refractivity contribution in [3.8, 4) is 0 Å². The molecule has 1 atom stereocenters. The van der Waals surface area contributed by atoms with Gasteiger partial charge >= 0.3 is 0 Å². The molecule has 20 heavy (non-hydrogen) atoms. The SMILES string of the molecule is CCCCCC(O[Si](C)C)n1ccc2cc(Br)ccc21. The van der Waals surface area contributed by atoms with Gasteiger partial charge in [0.05, 0.1) is 5.52 Å². The van der Waals surface area contributed by atoms with Crippen LogP contribution in [0.2, 0.25) is 13.1 Å². The van der Waals surface area contributed by atoms with Crippen molar-refractivity contribution in [2.45, 2.75) is 51.9 Å². The number of rotatable bonds is 7. The number of nitrogens with zero attached hydrogens (tertiary/aromatic N) is 1. The molecule has 0 spiro atoms. The first-order chi connectivity index (χ1) is 9.61. The summed E-state index contributed by atoms with van der Waals surface area (Å²) in [5.41, 5.74) is 1.26. The van der Waals surface area contributed by atoms with Crippen LogP contribution in [0.5, 0.6) is 0 Å². The van der Waals surface area contributed by atoms with E-state index in [1.165, 1.54) is 30.2 Å². The van der Waals surface area contributed by atoms with E-state index in [0.717, 1.165) is 10.9 Å². The van der Waals surface area contributed by atoms with Crippen LogP contribution in [0.15, 0.2) is 34.9 Å². The quantitative estimate of drug-likeness (QED) is 0.457. The molecule has 2 aromatic rings. The van der Waals surface area contributed by atoms with Crippen molar-refractivity contribution in [2.75, 3.05) is 0 Å². The molecule has 0 aliphatic rings. The lowest BCUT2D eigenvalue weighted by Crippen LogP contribution is -2.19. The third kappa shape index (κ3) is 3.96. The van der Waals surface area contributed by atoms with Crippen LogP contribution < -0.4 is 0 Å². The fourth-order valence-electron chi connectivity index (χ4n) is 2.48. The summed E-state index contributed by atoms with van der Waals surface area (Å²) in [5, 5.41) is 1.27. The van der Waals surface area contributed by atoms with Crippen molar-refractivity contribution in [3.63, 3.8) is 0 Å². The molecule has 0 amide bonds. The van der Waals surface area contributed by atoms with Gasteiger partial charge in [-0.2, -0.15) is 0 Å². The van der Waals surface area contributed by atoms with E-state index in [-0.39, 0.29) is 6.23 Å². The maximum Gasteiger partial charge on any atom is 0.207 e. The Balaban J connectivity index is 2.25. The molecule has 1 unspecified atom stereocenters. The average Bonchev–Trinajstić information content (AvgIpc) is 2.80. The number of halogens is 1. The molecule has 1 aromatic heterocycles. The fraction of sp³-hybridized carbons (Fsp3) is 0.500. The highest BCUT2D eigenvalue weighted by molar-refractivity contribution is 9.10. The zero-order chi connectivity index (χ0) is 14.5. The molecule has 4 heteroatoms. The molecular weight excluding hydrogens is 330 g/mol. The molecule has 1 aromatic carbocycles. The van der Waals surface area contributed by atoms with Gasteiger partial charge in [0.15, 0.2) is 0 Å². The highest BCUT2D eigenvalue weighted by atomic mass is 79.9. The van der Waals surface area contributed by atoms with Gasteiger partial charge in [-0.1, -0.05) is 35.7 Å². The van der Waals surface area contributed by atoms with E-state index in [9.17, 15) is 0 Å². The summed E-state index contributed by atoms with van der Waals surface area (Å²) in [4.78, 5) is 0. The Morgan fingerprint density at radius 2 is 2.05 bits per heavy atom. The molecule has 1 heterocycles. The first-order valence-corrected chi connectivity index (χ1v) is 10.5. The maximum atomic E-state index is 6.23. The van der Waals surface area contributed by atoms with E-state index in [0.29, 0.717) is 0 Å². The predicted molar refractivity (Wildman–Crippen MR) is 91.4 cm³/mol. The molecule has 0 N–H and O–H groups in total. The number of hydrogen-bond acceptors (Lipinski definition) is 1. The highest BCUT2D eigenvalue weighted by Crippen LogP contribution is 2.27. The zero-order valence-corrected chi connectivity index (χ0v) is 15.1. The largest absolute Gasteiger partial charge is 0.397 e. The van der Waals surface area contributed by atoms with Crippen molar-refractivity contribution < 1.29 is 4.43 Å². The van der Waals surface area contributed by atoms with Gasteiger partial charge in [-0.3, -0.25) is 0 Å². The minimum absolute atomic E-state index is 0.184. The molecule has 109 valence electrons. The number of hydrogen-bond donors (Lipinski definition) is 0. The third-order valence-corrected chi connectivity index (χ3v) is 4.66. The standard InChI is InChI=1S/C16H23BrNOSi/c1-4-5-6-7-16(19-20(2)3)18-11-10-13-12-14(17)8-9-15(13)18/h8-12,16H,4-7H2,1-3H3. The Bertz CT molecular complexity index is 552. The molecule has 2 rings (SSSR count). The highest BCUT2D eigenvalue weighted by Gasteiger charge is 2.15. The Morgan fingerprint density at radius 1 is 1.25 bits per heavy atom. The topological polar surface area (TPSA) is 14.2 Å². The lowest BCUT2D eigenvalue weighted by Gasteiger charge is -2.23. The number of fused-ring (bicyclic) bond motifs is 1. The maximum absolute atomic E-state index is 6.23. The van der Waals surface area contributed by atoms with E-state index in [2.05, 4.69) is 71.0 Å². The fourth-order valence-corrected chi connectivity index (χ4v) is 3.64. The summed E-state index contributed by atoms with van der Waals surface area (Å²) in [6.45, 7) is 6.66. The molecule has 0 fully saturated rings. The molecule has 2 nitrogen and oxygen atoms in total. The Morgan fingerprint density at radius 3 is 2.75 bits per heavy atom. The second-order valence-corrected chi connectivity index (χ2v) is 8.37. The molecular formula is C16H23BrNOSi. The smallest absolute Gasteiger partial charge is 0.207 e. The van der Waals surface area contributed by atoms with Crippen LogP contribution in [0.25, 0.3) is 10.9 Å². The van der Waals surface area contributed by atoms with Crippen LogP contribution in [-0.2, 0) is 4.43 Å². The van der Waals surface area contributed by atoms with E-state index >= 15 is 0 Å². The molecule has 1 radical (unpaired) electrons. The summed E-state index contributed by atoms with van der Waals surface area (Å²) in [7, 11) is -0.701. The normalized spacial score (nSPS) is 13.2. The average molecular weight is 353 g/mol. The van der Waals surface area contributed by atoms with Gasteiger partial charge < -0.3 is 8.99 Å². The van der Waals surface area contributed by atoms with Crippen LogP contribution in [0.3, 0.4) is 0 Å². The summed E-state index contributed by atoms with van der Waals surface area (Å²) in [6, 6.07) is 8.62. The third-order valence-electron chi connectivity index (χ3n) is 3.42. The molecule has 0 saturated carbocycles. The molecule has 0 bridgehead atoms. The zero-order valence-electron chi connectivity index (χ0n) is 12.5. The van der Waals surface area contributed by atoms with E-state index in [1.807, 2.05) is 0 Å². The van der Waals surface area contributed by atoms with Crippen molar-refractivity contribution >= 4 is 35.9 Å². The second-order valence-electron chi connectivity index (χ2n) is 5.40. The van der Waals surface area contributed by atoms with Gasteiger partial charge in [0.25, 0.3) is 0 Å². The van der Waals surface area contributed by atoms with E-state index in [1.54, 1.807) is 0 Å². The minimum Gasteiger partial charge on any atom is -0.397 e. The lowest BCUT2D eigenvalue weighted by atomic mass is 10.2. The van der Waals surface area contributed by atoms with Gasteiger partial charge in [0, 0.05) is 16.1 Å². The molecule has 0 aliphatic heterocycles. The Hall–Kier alpha value is -0.583. The number of aromatic nitrogens is 1. The van der Waals surface area contributed by atoms with Crippen LogP contribution in [0, 0.1) is 0 Å². The summed E-state index contributed by atoms with van der Waals surface area (Å²) in [6.07, 6.45) is 7.21. The van der Waals surface area contributed by atoms with Crippen LogP contribution in [-0.4, -0.2) is 13.6 Å². The van der Waals surface area contributed by atoms with E-state index in [4.69, 9.17) is 4.43 Å². The first kappa shape index (κ1) is 15.8. The van der Waals surface area contributed by atoms with Gasteiger partial charge in [-0.05, 0) is 50.2 Å². The Kier molecular flexibility index (Phi) is 5.87. The van der Waals surface area contributed by atoms with Crippen LogP contribution >= 0.6 is 15.9 Å².